The summed E-state index contributed by atoms with van der Waals surface area (Å²) in [6, 6.07) is 4.40. The minimum absolute atomic E-state index is 0.0915. The highest BCUT2D eigenvalue weighted by atomic mass is 32.2. The Balaban J connectivity index is 2.63. The van der Waals surface area contributed by atoms with E-state index >= 15 is 0 Å². The Labute approximate surface area is 104 Å². The first kappa shape index (κ1) is 12.8. The number of aryl methyl sites for hydroxylation is 1. The number of benzene rings is 1. The zero-order chi connectivity index (χ0) is 13.3. The fourth-order valence-corrected chi connectivity index (χ4v) is 2.84. The Morgan fingerprint density at radius 1 is 1.33 bits per heavy atom. The zero-order valence-corrected chi connectivity index (χ0v) is 11.0. The van der Waals surface area contributed by atoms with Crippen LogP contribution in [0, 0.1) is 0 Å². The minimum Gasteiger partial charge on any atom is -0.408 e. The maximum absolute atomic E-state index is 11.8. The summed E-state index contributed by atoms with van der Waals surface area (Å²) >= 11 is 0. The van der Waals surface area contributed by atoms with Gasteiger partial charge in [0.1, 0.15) is 0 Å². The quantitative estimate of drug-likeness (QED) is 0.895. The van der Waals surface area contributed by atoms with Crippen LogP contribution in [-0.4, -0.2) is 19.5 Å². The molecule has 0 aliphatic heterocycles. The first-order chi connectivity index (χ1) is 8.49. The van der Waals surface area contributed by atoms with Gasteiger partial charge >= 0.3 is 5.76 Å². The van der Waals surface area contributed by atoms with Crippen molar-refractivity contribution in [2.45, 2.75) is 25.3 Å². The smallest absolute Gasteiger partial charge is 0.408 e. The molecule has 1 N–H and O–H groups in total. The molecular formula is C11H14N2O4S. The van der Waals surface area contributed by atoms with Crippen LogP contribution in [-0.2, 0) is 16.6 Å². The average molecular weight is 270 g/mol. The van der Waals surface area contributed by atoms with Crippen LogP contribution >= 0.6 is 0 Å². The van der Waals surface area contributed by atoms with Crippen molar-refractivity contribution in [3.8, 4) is 0 Å². The van der Waals surface area contributed by atoms with E-state index in [1.54, 1.807) is 13.0 Å². The fraction of sp³-hybridized carbons (Fsp3) is 0.364. The summed E-state index contributed by atoms with van der Waals surface area (Å²) in [5.41, 5.74) is 0.874. The van der Waals surface area contributed by atoms with E-state index < -0.39 is 15.8 Å². The van der Waals surface area contributed by atoms with Crippen LogP contribution in [0.5, 0.6) is 0 Å². The Morgan fingerprint density at radius 2 is 2.06 bits per heavy atom. The molecule has 0 bridgehead atoms. The molecule has 0 aliphatic rings. The van der Waals surface area contributed by atoms with Gasteiger partial charge in [-0.1, -0.05) is 6.92 Å². The van der Waals surface area contributed by atoms with Crippen molar-refractivity contribution in [3.05, 3.63) is 28.7 Å². The number of hydrogen-bond donors (Lipinski definition) is 1. The third kappa shape index (κ3) is 2.06. The third-order valence-corrected chi connectivity index (χ3v) is 4.14. The SMILES string of the molecule is CCNS(=O)(=O)c1ccc2c(c1)oc(=O)n2CC. The topological polar surface area (TPSA) is 81.3 Å². The van der Waals surface area contributed by atoms with E-state index in [0.29, 0.717) is 18.6 Å². The summed E-state index contributed by atoms with van der Waals surface area (Å²) in [6.07, 6.45) is 0. The molecular weight excluding hydrogens is 256 g/mol. The summed E-state index contributed by atoms with van der Waals surface area (Å²) in [5, 5.41) is 0. The van der Waals surface area contributed by atoms with Crippen molar-refractivity contribution >= 4 is 21.1 Å². The monoisotopic (exact) mass is 270 g/mol. The first-order valence-corrected chi connectivity index (χ1v) is 7.11. The molecule has 1 aromatic heterocycles. The van der Waals surface area contributed by atoms with E-state index in [0.717, 1.165) is 0 Å². The van der Waals surface area contributed by atoms with Gasteiger partial charge in [0.25, 0.3) is 0 Å². The van der Waals surface area contributed by atoms with E-state index in [1.807, 2.05) is 6.92 Å². The molecule has 7 heteroatoms. The van der Waals surface area contributed by atoms with Crippen LogP contribution in [0.1, 0.15) is 13.8 Å². The van der Waals surface area contributed by atoms with Gasteiger partial charge in [-0.05, 0) is 19.1 Å². The van der Waals surface area contributed by atoms with E-state index in [9.17, 15) is 13.2 Å². The van der Waals surface area contributed by atoms with Crippen LogP contribution in [0.2, 0.25) is 0 Å². The maximum atomic E-state index is 11.8. The number of oxazole rings is 1. The van der Waals surface area contributed by atoms with Crippen LogP contribution in [0.4, 0.5) is 0 Å². The third-order valence-electron chi connectivity index (χ3n) is 2.60. The highest BCUT2D eigenvalue weighted by Gasteiger charge is 2.16. The lowest BCUT2D eigenvalue weighted by Gasteiger charge is -2.04. The van der Waals surface area contributed by atoms with Gasteiger partial charge in [0.15, 0.2) is 5.58 Å². The summed E-state index contributed by atoms with van der Waals surface area (Å²) in [7, 11) is -3.53. The normalized spacial score (nSPS) is 12.1. The molecule has 1 heterocycles. The van der Waals surface area contributed by atoms with E-state index in [-0.39, 0.29) is 10.5 Å². The molecule has 2 aromatic rings. The van der Waals surface area contributed by atoms with Gasteiger partial charge in [-0.15, -0.1) is 0 Å². The van der Waals surface area contributed by atoms with Gasteiger partial charge in [-0.25, -0.2) is 17.9 Å². The molecule has 18 heavy (non-hydrogen) atoms. The molecule has 0 aliphatic carbocycles. The molecule has 0 atom stereocenters. The number of sulfonamides is 1. The predicted molar refractivity (Wildman–Crippen MR) is 67.0 cm³/mol. The maximum Gasteiger partial charge on any atom is 0.419 e. The molecule has 6 nitrogen and oxygen atoms in total. The van der Waals surface area contributed by atoms with Gasteiger partial charge < -0.3 is 4.42 Å². The minimum atomic E-state index is -3.53. The van der Waals surface area contributed by atoms with E-state index in [1.165, 1.54) is 16.7 Å². The second-order valence-corrected chi connectivity index (χ2v) is 5.51. The van der Waals surface area contributed by atoms with E-state index in [4.69, 9.17) is 4.42 Å². The van der Waals surface area contributed by atoms with Crippen LogP contribution in [0.15, 0.2) is 32.3 Å². The number of nitrogens with one attached hydrogen (secondary N) is 1. The number of aromatic nitrogens is 1. The largest absolute Gasteiger partial charge is 0.419 e. The summed E-state index contributed by atoms with van der Waals surface area (Å²) in [5.74, 6) is -0.481. The fourth-order valence-electron chi connectivity index (χ4n) is 1.79. The van der Waals surface area contributed by atoms with Crippen LogP contribution in [0.3, 0.4) is 0 Å². The lowest BCUT2D eigenvalue weighted by atomic mass is 10.3. The van der Waals surface area contributed by atoms with Crippen LogP contribution < -0.4 is 10.5 Å². The zero-order valence-electron chi connectivity index (χ0n) is 10.1. The number of nitrogens with zero attached hydrogens (tertiary/aromatic N) is 1. The lowest BCUT2D eigenvalue weighted by molar-refractivity contribution is 0.512. The van der Waals surface area contributed by atoms with Crippen molar-refractivity contribution in [1.82, 2.24) is 9.29 Å². The highest BCUT2D eigenvalue weighted by Crippen LogP contribution is 2.18. The Hall–Kier alpha value is -1.60. The summed E-state index contributed by atoms with van der Waals surface area (Å²) in [6.45, 7) is 4.30. The van der Waals surface area contributed by atoms with Crippen molar-refractivity contribution in [3.63, 3.8) is 0 Å². The first-order valence-electron chi connectivity index (χ1n) is 5.62. The van der Waals surface area contributed by atoms with Gasteiger partial charge in [0, 0.05) is 19.2 Å². The second-order valence-electron chi connectivity index (χ2n) is 3.74. The Bertz CT molecular complexity index is 727. The van der Waals surface area contributed by atoms with Gasteiger partial charge in [0.05, 0.1) is 10.4 Å². The Kier molecular flexibility index (Phi) is 3.27. The van der Waals surface area contributed by atoms with Crippen LogP contribution in [0.25, 0.3) is 11.1 Å². The summed E-state index contributed by atoms with van der Waals surface area (Å²) in [4.78, 5) is 11.6. The molecule has 0 spiro atoms. The Morgan fingerprint density at radius 3 is 2.67 bits per heavy atom. The standard InChI is InChI=1S/C11H14N2O4S/c1-3-12-18(15,16)8-5-6-9-10(7-8)17-11(14)13(9)4-2/h5-7,12H,3-4H2,1-2H3. The van der Waals surface area contributed by atoms with Gasteiger partial charge in [-0.3, -0.25) is 4.57 Å². The van der Waals surface area contributed by atoms with Crippen molar-refractivity contribution in [2.24, 2.45) is 0 Å². The van der Waals surface area contributed by atoms with Gasteiger partial charge in [-0.2, -0.15) is 0 Å². The number of fused-ring (bicyclic) bond motifs is 1. The average Bonchev–Trinajstić information content (AvgIpc) is 2.63. The lowest BCUT2D eigenvalue weighted by Crippen LogP contribution is -2.23. The van der Waals surface area contributed by atoms with Crippen molar-refractivity contribution in [2.75, 3.05) is 6.54 Å². The van der Waals surface area contributed by atoms with Crippen molar-refractivity contribution in [1.29, 1.82) is 0 Å². The second kappa shape index (κ2) is 4.58. The molecule has 0 saturated carbocycles. The molecule has 98 valence electrons. The molecule has 0 amide bonds. The molecule has 0 saturated heterocycles. The van der Waals surface area contributed by atoms with Crippen molar-refractivity contribution < 1.29 is 12.8 Å². The number of rotatable bonds is 4. The molecule has 0 unspecified atom stereocenters. The molecule has 0 radical (unpaired) electrons. The molecule has 2 rings (SSSR count). The highest BCUT2D eigenvalue weighted by molar-refractivity contribution is 7.89. The molecule has 1 aromatic carbocycles. The van der Waals surface area contributed by atoms with E-state index in [2.05, 4.69) is 4.72 Å². The summed E-state index contributed by atoms with van der Waals surface area (Å²) < 4.78 is 32.4. The predicted octanol–water partition coefficient (Wildman–Crippen LogP) is 0.913. The van der Waals surface area contributed by atoms with Gasteiger partial charge in [0.2, 0.25) is 10.0 Å². The number of hydrogen-bond acceptors (Lipinski definition) is 4. The molecule has 0 fully saturated rings.